The number of nitrogens with two attached hydrogens (primary N) is 1. The predicted molar refractivity (Wildman–Crippen MR) is 87.4 cm³/mol. The molecule has 2 heterocycles. The summed E-state index contributed by atoms with van der Waals surface area (Å²) in [5.74, 6) is 6.54. The molecule has 0 aliphatic rings. The average molecular weight is 345 g/mol. The van der Waals surface area contributed by atoms with Crippen LogP contribution in [0, 0.1) is 14.9 Å². The summed E-state index contributed by atoms with van der Waals surface area (Å²) in [5, 5.41) is 17.0. The minimum Gasteiger partial charge on any atom is -0.461 e. The van der Waals surface area contributed by atoms with Gasteiger partial charge in [-0.15, -0.1) is 0 Å². The van der Waals surface area contributed by atoms with Crippen LogP contribution in [0.1, 0.15) is 11.5 Å². The highest BCUT2D eigenvalue weighted by molar-refractivity contribution is 7.71. The van der Waals surface area contributed by atoms with Gasteiger partial charge in [0.1, 0.15) is 17.2 Å². The Morgan fingerprint density at radius 3 is 2.67 bits per heavy atom. The second-order valence-electron chi connectivity index (χ2n) is 4.90. The van der Waals surface area contributed by atoms with Gasteiger partial charge < -0.3 is 10.3 Å². The van der Waals surface area contributed by atoms with E-state index in [9.17, 15) is 14.9 Å². The number of furan rings is 1. The van der Waals surface area contributed by atoms with E-state index in [2.05, 4.69) is 10.2 Å². The van der Waals surface area contributed by atoms with Crippen LogP contribution in [0.2, 0.25) is 0 Å². The molecule has 24 heavy (non-hydrogen) atoms. The number of rotatable bonds is 4. The van der Waals surface area contributed by atoms with Gasteiger partial charge in [0, 0.05) is 17.7 Å². The molecule has 3 rings (SSSR count). The van der Waals surface area contributed by atoms with E-state index in [4.69, 9.17) is 22.5 Å². The van der Waals surface area contributed by atoms with E-state index < -0.39 is 10.5 Å². The Labute approximate surface area is 139 Å². The SMILES string of the molecule is Nn1c(=S)[nH]nc(Cc2ccc(-c3ccc([N+](=O)[O-])cc3)o2)c1=O. The fourth-order valence-electron chi connectivity index (χ4n) is 2.10. The molecule has 0 spiro atoms. The molecule has 122 valence electrons. The first kappa shape index (κ1) is 15.6. The summed E-state index contributed by atoms with van der Waals surface area (Å²) in [6.07, 6.45) is 0.134. The lowest BCUT2D eigenvalue weighted by Crippen LogP contribution is -2.32. The highest BCUT2D eigenvalue weighted by Gasteiger charge is 2.12. The number of non-ortho nitro benzene ring substituents is 1. The van der Waals surface area contributed by atoms with E-state index in [0.717, 1.165) is 4.68 Å². The van der Waals surface area contributed by atoms with Gasteiger partial charge in [0.15, 0.2) is 0 Å². The van der Waals surface area contributed by atoms with Gasteiger partial charge in [-0.2, -0.15) is 9.77 Å². The van der Waals surface area contributed by atoms with Crippen LogP contribution in [0.3, 0.4) is 0 Å². The monoisotopic (exact) mass is 345 g/mol. The number of benzene rings is 1. The Balaban J connectivity index is 1.86. The molecule has 9 nitrogen and oxygen atoms in total. The molecule has 1 aromatic carbocycles. The summed E-state index contributed by atoms with van der Waals surface area (Å²) >= 11 is 4.81. The maximum atomic E-state index is 12.0. The van der Waals surface area contributed by atoms with Crippen molar-refractivity contribution < 1.29 is 9.34 Å². The van der Waals surface area contributed by atoms with E-state index in [0.29, 0.717) is 17.1 Å². The lowest BCUT2D eigenvalue weighted by Gasteiger charge is -2.01. The quantitative estimate of drug-likeness (QED) is 0.318. The largest absolute Gasteiger partial charge is 0.461 e. The van der Waals surface area contributed by atoms with Gasteiger partial charge in [-0.1, -0.05) is 0 Å². The molecule has 0 amide bonds. The van der Waals surface area contributed by atoms with E-state index >= 15 is 0 Å². The third kappa shape index (κ3) is 2.94. The van der Waals surface area contributed by atoms with Crippen LogP contribution in [0.15, 0.2) is 45.6 Å². The van der Waals surface area contributed by atoms with Crippen LogP contribution in [0.5, 0.6) is 0 Å². The summed E-state index contributed by atoms with van der Waals surface area (Å²) in [4.78, 5) is 22.1. The normalized spacial score (nSPS) is 10.7. The maximum absolute atomic E-state index is 12.0. The number of hydrogen-bond acceptors (Lipinski definition) is 7. The Bertz CT molecular complexity index is 1020. The van der Waals surface area contributed by atoms with Crippen molar-refractivity contribution in [3.8, 4) is 11.3 Å². The van der Waals surface area contributed by atoms with Crippen molar-refractivity contribution in [3.05, 3.63) is 73.1 Å². The second-order valence-corrected chi connectivity index (χ2v) is 5.28. The molecule has 3 N–H and O–H groups in total. The van der Waals surface area contributed by atoms with Crippen LogP contribution >= 0.6 is 12.2 Å². The van der Waals surface area contributed by atoms with Crippen molar-refractivity contribution >= 4 is 17.9 Å². The molecule has 0 saturated heterocycles. The highest BCUT2D eigenvalue weighted by atomic mass is 32.1. The van der Waals surface area contributed by atoms with Gasteiger partial charge in [0.2, 0.25) is 4.77 Å². The zero-order chi connectivity index (χ0) is 17.3. The van der Waals surface area contributed by atoms with Crippen LogP contribution in [-0.2, 0) is 6.42 Å². The average Bonchev–Trinajstić information content (AvgIpc) is 3.04. The first-order chi connectivity index (χ1) is 11.5. The van der Waals surface area contributed by atoms with Gasteiger partial charge in [0.25, 0.3) is 11.2 Å². The van der Waals surface area contributed by atoms with Gasteiger partial charge in [-0.05, 0) is 36.5 Å². The number of aromatic nitrogens is 3. The first-order valence-corrected chi connectivity index (χ1v) is 7.16. The van der Waals surface area contributed by atoms with Crippen LogP contribution in [0.25, 0.3) is 11.3 Å². The number of nitrogens with one attached hydrogen (secondary N) is 1. The topological polar surface area (TPSA) is 133 Å². The molecule has 0 fully saturated rings. The van der Waals surface area contributed by atoms with Gasteiger partial charge >= 0.3 is 0 Å². The van der Waals surface area contributed by atoms with Crippen molar-refractivity contribution in [1.29, 1.82) is 0 Å². The van der Waals surface area contributed by atoms with Crippen molar-refractivity contribution in [3.63, 3.8) is 0 Å². The van der Waals surface area contributed by atoms with Crippen molar-refractivity contribution in [2.75, 3.05) is 5.84 Å². The number of nitro benzene ring substituents is 1. The molecule has 0 radical (unpaired) electrons. The fourth-order valence-corrected chi connectivity index (χ4v) is 2.23. The van der Waals surface area contributed by atoms with Gasteiger partial charge in [-0.25, -0.2) is 0 Å². The van der Waals surface area contributed by atoms with E-state index in [1.165, 1.54) is 12.1 Å². The van der Waals surface area contributed by atoms with Crippen molar-refractivity contribution in [2.24, 2.45) is 0 Å². The Kier molecular flexibility index (Phi) is 3.96. The first-order valence-electron chi connectivity index (χ1n) is 6.75. The minimum absolute atomic E-state index is 0.00207. The molecular weight excluding hydrogens is 334 g/mol. The van der Waals surface area contributed by atoms with E-state index in [1.807, 2.05) is 0 Å². The molecule has 3 aromatic rings. The lowest BCUT2D eigenvalue weighted by molar-refractivity contribution is -0.384. The zero-order valence-electron chi connectivity index (χ0n) is 12.1. The Morgan fingerprint density at radius 2 is 2.00 bits per heavy atom. The summed E-state index contributed by atoms with van der Waals surface area (Å²) in [5.41, 5.74) is 0.337. The second kappa shape index (κ2) is 6.08. The number of nitrogens with zero attached hydrogens (tertiary/aromatic N) is 3. The van der Waals surface area contributed by atoms with Gasteiger partial charge in [-0.3, -0.25) is 20.0 Å². The molecule has 2 aromatic heterocycles. The standard InChI is InChI=1S/C14H11N5O4S/c15-18-13(20)11(16-17-14(18)24)7-10-5-6-12(23-10)8-1-3-9(4-2-8)19(21)22/h1-6H,7,15H2,(H,17,24). The zero-order valence-corrected chi connectivity index (χ0v) is 12.9. The summed E-state index contributed by atoms with van der Waals surface area (Å²) in [6.45, 7) is 0. The summed E-state index contributed by atoms with van der Waals surface area (Å²) in [6, 6.07) is 9.37. The number of aromatic amines is 1. The fraction of sp³-hybridized carbons (Fsp3) is 0.0714. The Hall–Kier alpha value is -3.27. The lowest BCUT2D eigenvalue weighted by atomic mass is 10.1. The van der Waals surface area contributed by atoms with E-state index in [-0.39, 0.29) is 22.6 Å². The molecule has 0 atom stereocenters. The number of hydrogen-bond donors (Lipinski definition) is 2. The van der Waals surface area contributed by atoms with E-state index in [1.54, 1.807) is 24.3 Å². The van der Waals surface area contributed by atoms with Gasteiger partial charge in [0.05, 0.1) is 11.3 Å². The maximum Gasteiger partial charge on any atom is 0.295 e. The number of H-pyrrole nitrogens is 1. The molecule has 0 unspecified atom stereocenters. The highest BCUT2D eigenvalue weighted by Crippen LogP contribution is 2.25. The summed E-state index contributed by atoms with van der Waals surface area (Å²) < 4.78 is 6.49. The molecule has 0 saturated carbocycles. The predicted octanol–water partition coefficient (Wildman–Crippen LogP) is 1.77. The summed E-state index contributed by atoms with van der Waals surface area (Å²) in [7, 11) is 0. The van der Waals surface area contributed by atoms with Crippen LogP contribution < -0.4 is 11.4 Å². The molecule has 0 aliphatic carbocycles. The number of nitro groups is 1. The Morgan fingerprint density at radius 1 is 1.29 bits per heavy atom. The minimum atomic E-state index is -0.507. The third-order valence-electron chi connectivity index (χ3n) is 3.34. The molecule has 0 bridgehead atoms. The third-order valence-corrected chi connectivity index (χ3v) is 3.62. The molecular formula is C14H11N5O4S. The van der Waals surface area contributed by atoms with Crippen molar-refractivity contribution in [1.82, 2.24) is 14.9 Å². The molecule has 0 aliphatic heterocycles. The molecule has 10 heteroatoms. The van der Waals surface area contributed by atoms with Crippen molar-refractivity contribution in [2.45, 2.75) is 6.42 Å². The number of nitrogen functional groups attached to an aromatic ring is 1. The van der Waals surface area contributed by atoms with Crippen LogP contribution in [-0.4, -0.2) is 19.8 Å². The smallest absolute Gasteiger partial charge is 0.295 e. The van der Waals surface area contributed by atoms with Crippen LogP contribution in [0.4, 0.5) is 5.69 Å².